The van der Waals surface area contributed by atoms with Crippen LogP contribution < -0.4 is 10.1 Å². The molecule has 1 aliphatic carbocycles. The Labute approximate surface area is 155 Å². The molecule has 2 fully saturated rings. The van der Waals surface area contributed by atoms with Crippen molar-refractivity contribution in [3.05, 3.63) is 33.4 Å². The van der Waals surface area contributed by atoms with Crippen LogP contribution in [0.3, 0.4) is 0 Å². The summed E-state index contributed by atoms with van der Waals surface area (Å²) in [5.74, 6) is -0.369. The molecule has 0 bridgehead atoms. The molecule has 0 unspecified atom stereocenters. The third kappa shape index (κ3) is 4.76. The smallest absolute Gasteiger partial charge is 0.290 e. The molecule has 25 heavy (non-hydrogen) atoms. The number of thioether (sulfide) groups is 1. The second kappa shape index (κ2) is 8.23. The summed E-state index contributed by atoms with van der Waals surface area (Å²) in [6.45, 7) is 0.439. The van der Waals surface area contributed by atoms with Gasteiger partial charge < -0.3 is 4.74 Å². The lowest BCUT2D eigenvalue weighted by molar-refractivity contribution is -0.115. The summed E-state index contributed by atoms with van der Waals surface area (Å²) >= 11 is 6.92. The lowest BCUT2D eigenvalue weighted by Gasteiger charge is -2.21. The Bertz CT molecular complexity index is 693. The largest absolute Gasteiger partial charge is 0.489 e. The monoisotopic (exact) mass is 383 g/mol. The summed E-state index contributed by atoms with van der Waals surface area (Å²) in [7, 11) is 0. The molecular formula is C18H19ClFNO3S. The first kappa shape index (κ1) is 18.3. The van der Waals surface area contributed by atoms with Crippen LogP contribution in [0.4, 0.5) is 9.18 Å². The van der Waals surface area contributed by atoms with Crippen LogP contribution in [-0.4, -0.2) is 17.8 Å². The predicted molar refractivity (Wildman–Crippen MR) is 97.2 cm³/mol. The van der Waals surface area contributed by atoms with Crippen molar-refractivity contribution in [2.24, 2.45) is 5.92 Å². The van der Waals surface area contributed by atoms with Gasteiger partial charge in [-0.25, -0.2) is 4.39 Å². The number of amides is 2. The van der Waals surface area contributed by atoms with Gasteiger partial charge in [-0.1, -0.05) is 43.7 Å². The van der Waals surface area contributed by atoms with Gasteiger partial charge in [0.25, 0.3) is 11.1 Å². The molecule has 7 heteroatoms. The highest BCUT2D eigenvalue weighted by molar-refractivity contribution is 8.18. The number of halogens is 2. The van der Waals surface area contributed by atoms with Gasteiger partial charge in [0.2, 0.25) is 0 Å². The minimum atomic E-state index is -0.572. The molecule has 4 nitrogen and oxygen atoms in total. The summed E-state index contributed by atoms with van der Waals surface area (Å²) in [5, 5.41) is 1.87. The van der Waals surface area contributed by atoms with Crippen LogP contribution in [0.2, 0.25) is 5.02 Å². The lowest BCUT2D eigenvalue weighted by atomic mass is 9.87. The molecule has 1 saturated heterocycles. The summed E-state index contributed by atoms with van der Waals surface area (Å²) in [6.07, 6.45) is 8.59. The molecule has 1 N–H and O–H groups in total. The Kier molecular flexibility index (Phi) is 6.02. The topological polar surface area (TPSA) is 55.4 Å². The third-order valence-electron chi connectivity index (χ3n) is 4.46. The maximum absolute atomic E-state index is 14.3. The van der Waals surface area contributed by atoms with Gasteiger partial charge in [0.05, 0.1) is 16.5 Å². The fourth-order valence-corrected chi connectivity index (χ4v) is 4.13. The van der Waals surface area contributed by atoms with Gasteiger partial charge in [0.1, 0.15) is 0 Å². The van der Waals surface area contributed by atoms with E-state index < -0.39 is 17.0 Å². The number of rotatable bonds is 5. The van der Waals surface area contributed by atoms with Gasteiger partial charge >= 0.3 is 0 Å². The minimum Gasteiger partial charge on any atom is -0.489 e. The Hall–Kier alpha value is -1.53. The average Bonchev–Trinajstić information content (AvgIpc) is 2.88. The minimum absolute atomic E-state index is 0.0410. The van der Waals surface area contributed by atoms with E-state index in [1.165, 1.54) is 50.3 Å². The standard InChI is InChI=1S/C18H19ClFNO3S/c19-13-8-12(10-15-17(22)21-18(23)25-15)9-14(20)16(13)24-7-6-11-4-2-1-3-5-11/h8-11H,1-7H2,(H,21,22,23). The molecule has 1 aromatic carbocycles. The maximum Gasteiger partial charge on any atom is 0.290 e. The van der Waals surface area contributed by atoms with Crippen molar-refractivity contribution < 1.29 is 18.7 Å². The molecule has 1 aliphatic heterocycles. The number of carbonyl (C=O) groups excluding carboxylic acids is 2. The van der Waals surface area contributed by atoms with Crippen LogP contribution in [-0.2, 0) is 4.79 Å². The van der Waals surface area contributed by atoms with E-state index in [1.807, 2.05) is 0 Å². The number of imide groups is 1. The molecule has 0 atom stereocenters. The molecule has 2 aliphatic rings. The van der Waals surface area contributed by atoms with E-state index in [2.05, 4.69) is 5.32 Å². The summed E-state index contributed by atoms with van der Waals surface area (Å²) in [4.78, 5) is 22.9. The van der Waals surface area contributed by atoms with E-state index in [-0.39, 0.29) is 15.7 Å². The Morgan fingerprint density at radius 2 is 2.04 bits per heavy atom. The van der Waals surface area contributed by atoms with Crippen molar-refractivity contribution in [3.8, 4) is 5.75 Å². The van der Waals surface area contributed by atoms with Crippen LogP contribution in [0.25, 0.3) is 6.08 Å². The number of benzene rings is 1. The van der Waals surface area contributed by atoms with Crippen LogP contribution >= 0.6 is 23.4 Å². The number of ether oxygens (including phenoxy) is 1. The Morgan fingerprint density at radius 3 is 2.68 bits per heavy atom. The van der Waals surface area contributed by atoms with Gasteiger partial charge in [-0.3, -0.25) is 14.9 Å². The Morgan fingerprint density at radius 1 is 1.28 bits per heavy atom. The number of hydrogen-bond acceptors (Lipinski definition) is 4. The third-order valence-corrected chi connectivity index (χ3v) is 5.55. The van der Waals surface area contributed by atoms with Crippen LogP contribution in [0.15, 0.2) is 17.0 Å². The highest BCUT2D eigenvalue weighted by Gasteiger charge is 2.25. The van der Waals surface area contributed by atoms with Crippen LogP contribution in [0, 0.1) is 11.7 Å². The van der Waals surface area contributed by atoms with Crippen molar-refractivity contribution >= 4 is 40.6 Å². The zero-order valence-electron chi connectivity index (χ0n) is 13.6. The molecule has 134 valence electrons. The maximum atomic E-state index is 14.3. The van der Waals surface area contributed by atoms with Crippen LogP contribution in [0.1, 0.15) is 44.1 Å². The zero-order valence-corrected chi connectivity index (χ0v) is 15.2. The molecule has 0 spiro atoms. The molecule has 2 amide bonds. The molecule has 1 aromatic rings. The first-order valence-corrected chi connectivity index (χ1v) is 9.59. The quantitative estimate of drug-likeness (QED) is 0.714. The van der Waals surface area contributed by atoms with Crippen molar-refractivity contribution in [2.75, 3.05) is 6.61 Å². The molecular weight excluding hydrogens is 365 g/mol. The summed E-state index contributed by atoms with van der Waals surface area (Å²) < 4.78 is 19.9. The lowest BCUT2D eigenvalue weighted by Crippen LogP contribution is -2.17. The van der Waals surface area contributed by atoms with E-state index in [9.17, 15) is 14.0 Å². The van der Waals surface area contributed by atoms with Gasteiger partial charge in [0.15, 0.2) is 11.6 Å². The van der Waals surface area contributed by atoms with Gasteiger partial charge in [-0.2, -0.15) is 0 Å². The fourth-order valence-electron chi connectivity index (χ4n) is 3.18. The summed E-state index contributed by atoms with van der Waals surface area (Å²) in [6, 6.07) is 2.79. The number of hydrogen-bond donors (Lipinski definition) is 1. The molecule has 0 radical (unpaired) electrons. The zero-order chi connectivity index (χ0) is 17.8. The Balaban J connectivity index is 1.64. The second-order valence-electron chi connectivity index (χ2n) is 6.31. The van der Waals surface area contributed by atoms with E-state index in [4.69, 9.17) is 16.3 Å². The van der Waals surface area contributed by atoms with E-state index in [1.54, 1.807) is 0 Å². The van der Waals surface area contributed by atoms with E-state index in [0.717, 1.165) is 18.2 Å². The number of nitrogens with one attached hydrogen (secondary N) is 1. The molecule has 1 heterocycles. The van der Waals surface area contributed by atoms with E-state index >= 15 is 0 Å². The van der Waals surface area contributed by atoms with Gasteiger partial charge in [0, 0.05) is 0 Å². The normalized spacial score (nSPS) is 20.2. The second-order valence-corrected chi connectivity index (χ2v) is 7.73. The SMILES string of the molecule is O=C1NC(=O)C(=Cc2cc(F)c(OCCC3CCCCC3)c(Cl)c2)S1. The van der Waals surface area contributed by atoms with Crippen molar-refractivity contribution in [2.45, 2.75) is 38.5 Å². The van der Waals surface area contributed by atoms with Crippen LogP contribution in [0.5, 0.6) is 5.75 Å². The first-order valence-electron chi connectivity index (χ1n) is 8.39. The predicted octanol–water partition coefficient (Wildman–Crippen LogP) is 5.15. The first-order chi connectivity index (χ1) is 12.0. The highest BCUT2D eigenvalue weighted by Crippen LogP contribution is 2.33. The van der Waals surface area contributed by atoms with Gasteiger partial charge in [-0.05, 0) is 47.9 Å². The van der Waals surface area contributed by atoms with Crippen molar-refractivity contribution in [3.63, 3.8) is 0 Å². The average molecular weight is 384 g/mol. The van der Waals surface area contributed by atoms with Crippen molar-refractivity contribution in [1.29, 1.82) is 0 Å². The van der Waals surface area contributed by atoms with Crippen molar-refractivity contribution in [1.82, 2.24) is 5.32 Å². The number of carbonyl (C=O) groups is 2. The fraction of sp³-hybridized carbons (Fsp3) is 0.444. The van der Waals surface area contributed by atoms with Gasteiger partial charge in [-0.15, -0.1) is 0 Å². The van der Waals surface area contributed by atoms with E-state index in [0.29, 0.717) is 18.1 Å². The molecule has 3 rings (SSSR count). The summed E-state index contributed by atoms with van der Waals surface area (Å²) in [5.41, 5.74) is 0.412. The highest BCUT2D eigenvalue weighted by atomic mass is 35.5. The molecule has 1 saturated carbocycles. The molecule has 0 aromatic heterocycles.